The van der Waals surface area contributed by atoms with Gasteiger partial charge in [-0.1, -0.05) is 41.6 Å². The first kappa shape index (κ1) is 19.9. The van der Waals surface area contributed by atoms with Crippen molar-refractivity contribution < 1.29 is 8.42 Å². The number of halogens is 1. The van der Waals surface area contributed by atoms with E-state index in [0.717, 1.165) is 11.3 Å². The fraction of sp³-hybridized carbons (Fsp3) is 0.222. The molecule has 0 amide bonds. The van der Waals surface area contributed by atoms with E-state index in [1.807, 2.05) is 59.2 Å². The summed E-state index contributed by atoms with van der Waals surface area (Å²) in [7, 11) is -3.20. The van der Waals surface area contributed by atoms with Crippen molar-refractivity contribution in [3.8, 4) is 17.1 Å². The van der Waals surface area contributed by atoms with Gasteiger partial charge in [-0.3, -0.25) is 4.57 Å². The summed E-state index contributed by atoms with van der Waals surface area (Å²) >= 11 is 7.44. The SMILES string of the molecule is CCS(=O)(=O)NCCSc1nnc(-c2ccc(Cl)cc2)n1-c1ccccc1. The van der Waals surface area contributed by atoms with E-state index in [1.54, 1.807) is 6.92 Å². The number of hydrogen-bond donors (Lipinski definition) is 1. The molecule has 3 rings (SSSR count). The van der Waals surface area contributed by atoms with Crippen LogP contribution in [0.5, 0.6) is 0 Å². The molecule has 0 aliphatic carbocycles. The van der Waals surface area contributed by atoms with Crippen LogP contribution in [0.15, 0.2) is 59.8 Å². The second-order valence-electron chi connectivity index (χ2n) is 5.63. The normalized spacial score (nSPS) is 11.6. The average Bonchev–Trinajstić information content (AvgIpc) is 3.10. The van der Waals surface area contributed by atoms with Crippen LogP contribution in [0.2, 0.25) is 5.02 Å². The van der Waals surface area contributed by atoms with Gasteiger partial charge >= 0.3 is 0 Å². The number of para-hydroxylation sites is 1. The molecule has 1 aromatic heterocycles. The quantitative estimate of drug-likeness (QED) is 0.443. The zero-order valence-corrected chi connectivity index (χ0v) is 17.1. The Bertz CT molecular complexity index is 990. The van der Waals surface area contributed by atoms with Crippen molar-refractivity contribution in [2.24, 2.45) is 0 Å². The van der Waals surface area contributed by atoms with Crippen molar-refractivity contribution >= 4 is 33.4 Å². The summed E-state index contributed by atoms with van der Waals surface area (Å²) in [6.07, 6.45) is 0. The van der Waals surface area contributed by atoms with Crippen LogP contribution in [0.1, 0.15) is 6.92 Å². The summed E-state index contributed by atoms with van der Waals surface area (Å²) in [6.45, 7) is 1.94. The van der Waals surface area contributed by atoms with E-state index in [2.05, 4.69) is 14.9 Å². The number of nitrogens with zero attached hydrogens (tertiary/aromatic N) is 3. The molecule has 0 saturated heterocycles. The number of benzene rings is 2. The molecule has 3 aromatic rings. The molecule has 0 spiro atoms. The van der Waals surface area contributed by atoms with E-state index >= 15 is 0 Å². The second kappa shape index (κ2) is 8.88. The lowest BCUT2D eigenvalue weighted by Gasteiger charge is -2.10. The first-order valence-corrected chi connectivity index (χ1v) is 11.4. The summed E-state index contributed by atoms with van der Waals surface area (Å²) < 4.78 is 27.6. The summed E-state index contributed by atoms with van der Waals surface area (Å²) in [6, 6.07) is 17.2. The molecule has 1 heterocycles. The highest BCUT2D eigenvalue weighted by molar-refractivity contribution is 7.99. The van der Waals surface area contributed by atoms with Gasteiger partial charge in [0.1, 0.15) is 0 Å². The summed E-state index contributed by atoms with van der Waals surface area (Å²) in [5.41, 5.74) is 1.83. The molecule has 0 bridgehead atoms. The minimum atomic E-state index is -3.20. The smallest absolute Gasteiger partial charge is 0.211 e. The van der Waals surface area contributed by atoms with Crippen LogP contribution in [-0.4, -0.2) is 41.2 Å². The lowest BCUT2D eigenvalue weighted by molar-refractivity contribution is 0.585. The number of hydrogen-bond acceptors (Lipinski definition) is 5. The molecule has 142 valence electrons. The van der Waals surface area contributed by atoms with Crippen LogP contribution in [0, 0.1) is 0 Å². The minimum absolute atomic E-state index is 0.0680. The van der Waals surface area contributed by atoms with Gasteiger partial charge in [0, 0.05) is 28.6 Å². The van der Waals surface area contributed by atoms with E-state index in [9.17, 15) is 8.42 Å². The van der Waals surface area contributed by atoms with Crippen molar-refractivity contribution in [3.63, 3.8) is 0 Å². The molecule has 0 atom stereocenters. The van der Waals surface area contributed by atoms with E-state index in [4.69, 9.17) is 11.6 Å². The fourth-order valence-corrected chi connectivity index (χ4v) is 4.08. The predicted molar refractivity (Wildman–Crippen MR) is 110 cm³/mol. The van der Waals surface area contributed by atoms with Crippen molar-refractivity contribution in [2.45, 2.75) is 12.1 Å². The van der Waals surface area contributed by atoms with Crippen LogP contribution < -0.4 is 4.72 Å². The Labute approximate surface area is 168 Å². The number of sulfonamides is 1. The Balaban J connectivity index is 1.87. The molecule has 0 saturated carbocycles. The molecule has 0 fully saturated rings. The molecule has 0 radical (unpaired) electrons. The number of thioether (sulfide) groups is 1. The highest BCUT2D eigenvalue weighted by Crippen LogP contribution is 2.28. The van der Waals surface area contributed by atoms with E-state index in [0.29, 0.717) is 28.3 Å². The lowest BCUT2D eigenvalue weighted by Crippen LogP contribution is -2.27. The molecule has 0 unspecified atom stereocenters. The van der Waals surface area contributed by atoms with Gasteiger partial charge in [0.25, 0.3) is 0 Å². The zero-order chi connectivity index (χ0) is 19.3. The van der Waals surface area contributed by atoms with Crippen molar-refractivity contribution in [3.05, 3.63) is 59.6 Å². The first-order chi connectivity index (χ1) is 13.0. The second-order valence-corrected chi connectivity index (χ2v) is 9.22. The first-order valence-electron chi connectivity index (χ1n) is 8.37. The maximum Gasteiger partial charge on any atom is 0.211 e. The Morgan fingerprint density at radius 1 is 1.07 bits per heavy atom. The third kappa shape index (κ3) is 5.10. The van der Waals surface area contributed by atoms with Gasteiger partial charge in [-0.15, -0.1) is 10.2 Å². The standard InChI is InChI=1S/C18H19ClN4O2S2/c1-2-27(24,25)20-12-13-26-18-22-21-17(14-8-10-15(19)11-9-14)23(18)16-6-4-3-5-7-16/h3-11,20H,2,12-13H2,1H3. The van der Waals surface area contributed by atoms with Gasteiger partial charge in [-0.25, -0.2) is 13.1 Å². The molecular weight excluding hydrogens is 404 g/mol. The monoisotopic (exact) mass is 422 g/mol. The summed E-state index contributed by atoms with van der Waals surface area (Å²) in [5, 5.41) is 10.0. The third-order valence-corrected chi connectivity index (χ3v) is 6.37. The van der Waals surface area contributed by atoms with Gasteiger partial charge in [-0.2, -0.15) is 0 Å². The van der Waals surface area contributed by atoms with Gasteiger partial charge in [0.15, 0.2) is 11.0 Å². The number of aromatic nitrogens is 3. The lowest BCUT2D eigenvalue weighted by atomic mass is 10.2. The highest BCUT2D eigenvalue weighted by atomic mass is 35.5. The fourth-order valence-electron chi connectivity index (χ4n) is 2.40. The van der Waals surface area contributed by atoms with Gasteiger partial charge in [0.05, 0.1) is 5.75 Å². The van der Waals surface area contributed by atoms with Gasteiger partial charge in [-0.05, 0) is 43.3 Å². The molecule has 9 heteroatoms. The van der Waals surface area contributed by atoms with E-state index in [-0.39, 0.29) is 5.75 Å². The maximum atomic E-state index is 11.6. The molecule has 1 N–H and O–H groups in total. The topological polar surface area (TPSA) is 76.9 Å². The highest BCUT2D eigenvalue weighted by Gasteiger charge is 2.16. The largest absolute Gasteiger partial charge is 0.270 e. The van der Waals surface area contributed by atoms with Gasteiger partial charge < -0.3 is 0 Å². The van der Waals surface area contributed by atoms with E-state index in [1.165, 1.54) is 11.8 Å². The molecular formula is C18H19ClN4O2S2. The molecule has 0 aliphatic rings. The minimum Gasteiger partial charge on any atom is -0.270 e. The number of rotatable bonds is 8. The summed E-state index contributed by atoms with van der Waals surface area (Å²) in [5.74, 6) is 1.32. The number of nitrogens with one attached hydrogen (secondary N) is 1. The Morgan fingerprint density at radius 2 is 1.78 bits per heavy atom. The molecule has 27 heavy (non-hydrogen) atoms. The van der Waals surface area contributed by atoms with E-state index < -0.39 is 10.0 Å². The Hall–Kier alpha value is -1.87. The van der Waals surface area contributed by atoms with Gasteiger partial charge in [0.2, 0.25) is 10.0 Å². The van der Waals surface area contributed by atoms with Crippen LogP contribution >= 0.6 is 23.4 Å². The predicted octanol–water partition coefficient (Wildman–Crippen LogP) is 3.62. The van der Waals surface area contributed by atoms with Crippen LogP contribution in [0.3, 0.4) is 0 Å². The molecule has 6 nitrogen and oxygen atoms in total. The van der Waals surface area contributed by atoms with Crippen molar-refractivity contribution in [1.29, 1.82) is 0 Å². The van der Waals surface area contributed by atoms with Crippen molar-refractivity contribution in [2.75, 3.05) is 18.1 Å². The van der Waals surface area contributed by atoms with Crippen LogP contribution in [-0.2, 0) is 10.0 Å². The average molecular weight is 423 g/mol. The Kier molecular flexibility index (Phi) is 6.54. The third-order valence-electron chi connectivity index (χ3n) is 3.79. The van der Waals surface area contributed by atoms with Crippen molar-refractivity contribution in [1.82, 2.24) is 19.5 Å². The summed E-state index contributed by atoms with van der Waals surface area (Å²) in [4.78, 5) is 0. The molecule has 2 aromatic carbocycles. The molecule has 0 aliphatic heterocycles. The zero-order valence-electron chi connectivity index (χ0n) is 14.7. The maximum absolute atomic E-state index is 11.6. The Morgan fingerprint density at radius 3 is 2.44 bits per heavy atom. The van der Waals surface area contributed by atoms with Crippen LogP contribution in [0.4, 0.5) is 0 Å². The van der Waals surface area contributed by atoms with Crippen LogP contribution in [0.25, 0.3) is 17.1 Å².